The van der Waals surface area contributed by atoms with Crippen LogP contribution >= 0.6 is 11.6 Å². The van der Waals surface area contributed by atoms with Crippen molar-refractivity contribution < 1.29 is 17.9 Å². The molecule has 0 bridgehead atoms. The van der Waals surface area contributed by atoms with E-state index in [2.05, 4.69) is 24.5 Å². The minimum atomic E-state index is -3.06. The van der Waals surface area contributed by atoms with Crippen molar-refractivity contribution in [3.8, 4) is 16.9 Å². The highest BCUT2D eigenvalue weighted by Crippen LogP contribution is 2.42. The van der Waals surface area contributed by atoms with Crippen LogP contribution in [0.3, 0.4) is 0 Å². The maximum atomic E-state index is 14.3. The first kappa shape index (κ1) is 24.6. The number of nitrogens with zero attached hydrogens (tertiary/aromatic N) is 3. The molecule has 5 rings (SSSR count). The summed E-state index contributed by atoms with van der Waals surface area (Å²) in [4.78, 5) is 7.69. The van der Waals surface area contributed by atoms with Crippen LogP contribution in [-0.4, -0.2) is 32.4 Å². The van der Waals surface area contributed by atoms with Crippen LogP contribution in [0.1, 0.15) is 61.4 Å². The third-order valence-corrected chi connectivity index (χ3v) is 7.60. The Hall–Kier alpha value is -3.04. The Balaban J connectivity index is 1.53. The number of nitrogens with one attached hydrogen (secondary N) is 1. The minimum absolute atomic E-state index is 0.155. The van der Waals surface area contributed by atoms with Gasteiger partial charge in [0, 0.05) is 52.1 Å². The molecule has 0 unspecified atom stereocenters. The zero-order valence-electron chi connectivity index (χ0n) is 19.9. The predicted molar refractivity (Wildman–Crippen MR) is 133 cm³/mol. The lowest BCUT2D eigenvalue weighted by molar-refractivity contribution is -0.0505. The van der Waals surface area contributed by atoms with Gasteiger partial charge in [-0.25, -0.2) is 9.37 Å². The molecule has 0 amide bonds. The van der Waals surface area contributed by atoms with Crippen molar-refractivity contribution in [2.24, 2.45) is 5.73 Å². The molecule has 1 fully saturated rings. The molecule has 1 atom stereocenters. The number of rotatable bonds is 6. The Labute approximate surface area is 211 Å². The van der Waals surface area contributed by atoms with Gasteiger partial charge in [0.1, 0.15) is 17.2 Å². The quantitative estimate of drug-likeness (QED) is 0.297. The van der Waals surface area contributed by atoms with E-state index in [0.717, 1.165) is 59.5 Å². The minimum Gasteiger partial charge on any atom is -0.434 e. The summed E-state index contributed by atoms with van der Waals surface area (Å²) < 4.78 is 47.1. The van der Waals surface area contributed by atoms with Crippen molar-refractivity contribution in [1.82, 2.24) is 19.7 Å². The summed E-state index contributed by atoms with van der Waals surface area (Å²) in [6.45, 7) is 0.751. The highest BCUT2D eigenvalue weighted by Gasteiger charge is 2.26. The van der Waals surface area contributed by atoms with Gasteiger partial charge in [-0.05, 0) is 56.4 Å². The molecule has 0 spiro atoms. The number of fused-ring (bicyclic) bond motifs is 1. The predicted octanol–water partition coefficient (Wildman–Crippen LogP) is 6.72. The monoisotopic (exact) mass is 517 g/mol. The van der Waals surface area contributed by atoms with Gasteiger partial charge in [0.2, 0.25) is 0 Å². The summed E-state index contributed by atoms with van der Waals surface area (Å²) in [5.74, 6) is -1.42. The summed E-state index contributed by atoms with van der Waals surface area (Å²) in [5, 5.41) is 5.20. The molecule has 3 N–H and O–H groups in total. The molecule has 0 aliphatic heterocycles. The van der Waals surface area contributed by atoms with Crippen LogP contribution in [0, 0.1) is 12.7 Å². The summed E-state index contributed by atoms with van der Waals surface area (Å²) in [7, 11) is 0. The number of alkyl halides is 2. The van der Waals surface area contributed by atoms with Crippen molar-refractivity contribution in [2.75, 3.05) is 0 Å². The highest BCUT2D eigenvalue weighted by molar-refractivity contribution is 6.31. The average Bonchev–Trinajstić information content (AvgIpc) is 3.44. The van der Waals surface area contributed by atoms with Gasteiger partial charge in [-0.3, -0.25) is 4.68 Å². The van der Waals surface area contributed by atoms with E-state index >= 15 is 0 Å². The third kappa shape index (κ3) is 4.46. The van der Waals surface area contributed by atoms with Crippen molar-refractivity contribution in [2.45, 2.75) is 64.1 Å². The first-order valence-corrected chi connectivity index (χ1v) is 12.3. The highest BCUT2D eigenvalue weighted by atomic mass is 35.5. The van der Waals surface area contributed by atoms with Crippen molar-refractivity contribution >= 4 is 22.6 Å². The second-order valence-corrected chi connectivity index (χ2v) is 9.77. The van der Waals surface area contributed by atoms with Gasteiger partial charge < -0.3 is 15.5 Å². The van der Waals surface area contributed by atoms with Crippen LogP contribution in [0.2, 0.25) is 5.02 Å². The normalized spacial score (nSPS) is 19.2. The Morgan fingerprint density at radius 2 is 1.94 bits per heavy atom. The molecule has 3 aromatic heterocycles. The zero-order valence-corrected chi connectivity index (χ0v) is 20.7. The van der Waals surface area contributed by atoms with E-state index < -0.39 is 18.3 Å². The maximum absolute atomic E-state index is 14.3. The number of aromatic nitrogens is 4. The Bertz CT molecular complexity index is 1390. The topological polar surface area (TPSA) is 81.8 Å². The molecule has 10 heteroatoms. The molecule has 4 aromatic rings. The standard InChI is InChI=1S/C26H27ClF3N5O/c1-13(23-22(36-26(29)30)8-7-21(28)24(23)27)19-11-33-25-18(19)9-15(10-32-25)20-12-34-35(14(20)2)17-5-3-16(31)4-6-17/h7-13,16-17,26H,3-6,31H2,1-2H3,(H,32,33)/t13-,16-,17-/m0/s1. The van der Waals surface area contributed by atoms with Crippen LogP contribution in [0.4, 0.5) is 13.2 Å². The van der Waals surface area contributed by atoms with Crippen LogP contribution < -0.4 is 10.5 Å². The van der Waals surface area contributed by atoms with E-state index in [4.69, 9.17) is 17.3 Å². The number of aromatic amines is 1. The van der Waals surface area contributed by atoms with Crippen molar-refractivity contribution in [3.05, 3.63) is 64.5 Å². The zero-order chi connectivity index (χ0) is 25.6. The summed E-state index contributed by atoms with van der Waals surface area (Å²) in [6.07, 6.45) is 9.32. The average molecular weight is 518 g/mol. The second-order valence-electron chi connectivity index (χ2n) is 9.39. The first-order valence-electron chi connectivity index (χ1n) is 11.9. The lowest BCUT2D eigenvalue weighted by Crippen LogP contribution is -2.28. The van der Waals surface area contributed by atoms with Crippen LogP contribution in [0.15, 0.2) is 36.8 Å². The molecular formula is C26H27ClF3N5O. The summed E-state index contributed by atoms with van der Waals surface area (Å²) in [6, 6.07) is 4.76. The number of benzene rings is 1. The van der Waals surface area contributed by atoms with E-state index in [0.29, 0.717) is 11.7 Å². The summed E-state index contributed by atoms with van der Waals surface area (Å²) >= 11 is 6.23. The second kappa shape index (κ2) is 9.78. The number of ether oxygens (including phenoxy) is 1. The number of halogens is 4. The van der Waals surface area contributed by atoms with E-state index in [1.54, 1.807) is 19.3 Å². The molecule has 190 valence electrons. The number of nitrogens with two attached hydrogens (primary N) is 1. The smallest absolute Gasteiger partial charge is 0.387 e. The fourth-order valence-electron chi connectivity index (χ4n) is 5.26. The van der Waals surface area contributed by atoms with Crippen LogP contribution in [0.25, 0.3) is 22.2 Å². The van der Waals surface area contributed by atoms with Gasteiger partial charge in [-0.1, -0.05) is 18.5 Å². The molecule has 1 saturated carbocycles. The molecule has 3 heterocycles. The molecule has 0 saturated heterocycles. The lowest BCUT2D eigenvalue weighted by Gasteiger charge is -2.27. The van der Waals surface area contributed by atoms with Crippen LogP contribution in [-0.2, 0) is 0 Å². The fraction of sp³-hybridized carbons (Fsp3) is 0.385. The molecule has 1 aromatic carbocycles. The maximum Gasteiger partial charge on any atom is 0.387 e. The number of hydrogen-bond acceptors (Lipinski definition) is 4. The van der Waals surface area contributed by atoms with E-state index in [1.807, 2.05) is 19.2 Å². The van der Waals surface area contributed by atoms with Gasteiger partial charge in [-0.2, -0.15) is 13.9 Å². The third-order valence-electron chi connectivity index (χ3n) is 7.21. The van der Waals surface area contributed by atoms with Gasteiger partial charge in [0.05, 0.1) is 17.3 Å². The molecule has 36 heavy (non-hydrogen) atoms. The van der Waals surface area contributed by atoms with Gasteiger partial charge in [0.25, 0.3) is 0 Å². The molecule has 6 nitrogen and oxygen atoms in total. The van der Waals surface area contributed by atoms with E-state index in [9.17, 15) is 13.2 Å². The molecule has 0 radical (unpaired) electrons. The largest absolute Gasteiger partial charge is 0.434 e. The number of pyridine rings is 1. The Morgan fingerprint density at radius 1 is 1.19 bits per heavy atom. The Morgan fingerprint density at radius 3 is 2.67 bits per heavy atom. The van der Waals surface area contributed by atoms with Crippen molar-refractivity contribution in [3.63, 3.8) is 0 Å². The summed E-state index contributed by atoms with van der Waals surface area (Å²) in [5.41, 5.74) is 10.5. The lowest BCUT2D eigenvalue weighted by atomic mass is 9.91. The SMILES string of the molecule is Cc1c(-c2cnc3[nH]cc([C@H](C)c4c(OC(F)F)ccc(F)c4Cl)c3c2)cnn1[C@H]1CC[C@H](N)CC1. The number of hydrogen-bond donors (Lipinski definition) is 2. The first-order chi connectivity index (χ1) is 17.2. The Kier molecular flexibility index (Phi) is 6.70. The van der Waals surface area contributed by atoms with Crippen LogP contribution in [0.5, 0.6) is 5.75 Å². The molecular weight excluding hydrogens is 491 g/mol. The van der Waals surface area contributed by atoms with E-state index in [-0.39, 0.29) is 22.4 Å². The molecule has 1 aliphatic carbocycles. The fourth-order valence-corrected chi connectivity index (χ4v) is 5.58. The number of H-pyrrole nitrogens is 1. The molecule has 1 aliphatic rings. The van der Waals surface area contributed by atoms with E-state index in [1.165, 1.54) is 6.07 Å². The van der Waals surface area contributed by atoms with Crippen molar-refractivity contribution in [1.29, 1.82) is 0 Å². The van der Waals surface area contributed by atoms with Gasteiger partial charge >= 0.3 is 6.61 Å². The van der Waals surface area contributed by atoms with Gasteiger partial charge in [-0.15, -0.1) is 0 Å². The van der Waals surface area contributed by atoms with Gasteiger partial charge in [0.15, 0.2) is 0 Å².